The van der Waals surface area contributed by atoms with Crippen LogP contribution < -0.4 is 5.32 Å². The van der Waals surface area contributed by atoms with Crippen molar-refractivity contribution in [2.75, 3.05) is 13.7 Å². The molecule has 0 aromatic carbocycles. The van der Waals surface area contributed by atoms with Crippen molar-refractivity contribution >= 4 is 0 Å². The van der Waals surface area contributed by atoms with Gasteiger partial charge in [-0.25, -0.2) is 0 Å². The Hall–Kier alpha value is -0.0800. The normalized spacial score (nSPS) is 34.0. The molecule has 0 radical (unpaired) electrons. The third kappa shape index (κ3) is 1.66. The molecular formula is C7H15NO. The Labute approximate surface area is 56.6 Å². The highest BCUT2D eigenvalue weighted by Gasteiger charge is 2.27. The second-order valence-electron chi connectivity index (χ2n) is 2.58. The van der Waals surface area contributed by atoms with E-state index in [0.29, 0.717) is 6.10 Å². The summed E-state index contributed by atoms with van der Waals surface area (Å²) in [6.45, 7) is 3.22. The molecule has 2 heteroatoms. The van der Waals surface area contributed by atoms with Crippen molar-refractivity contribution in [2.45, 2.75) is 31.9 Å². The van der Waals surface area contributed by atoms with Crippen LogP contribution in [0, 0.1) is 0 Å². The van der Waals surface area contributed by atoms with E-state index in [1.54, 1.807) is 7.11 Å². The summed E-state index contributed by atoms with van der Waals surface area (Å²) in [5.41, 5.74) is 0. The van der Waals surface area contributed by atoms with E-state index in [9.17, 15) is 0 Å². The summed E-state index contributed by atoms with van der Waals surface area (Å²) in [5, 5.41) is 3.37. The molecule has 2 nitrogen and oxygen atoms in total. The molecule has 9 heavy (non-hydrogen) atoms. The highest BCUT2D eigenvalue weighted by molar-refractivity contribution is 4.84. The number of ether oxygens (including phenoxy) is 1. The van der Waals surface area contributed by atoms with Gasteiger partial charge in [0.15, 0.2) is 0 Å². The van der Waals surface area contributed by atoms with Crippen LogP contribution in [0.1, 0.15) is 19.8 Å². The zero-order valence-corrected chi connectivity index (χ0v) is 6.18. The van der Waals surface area contributed by atoms with Crippen molar-refractivity contribution in [1.29, 1.82) is 0 Å². The number of hydrogen-bond acceptors (Lipinski definition) is 2. The summed E-state index contributed by atoms with van der Waals surface area (Å²) in [5.74, 6) is 0. The molecule has 1 aliphatic carbocycles. The van der Waals surface area contributed by atoms with Gasteiger partial charge < -0.3 is 10.1 Å². The van der Waals surface area contributed by atoms with Gasteiger partial charge in [-0.1, -0.05) is 6.92 Å². The molecule has 0 saturated heterocycles. The van der Waals surface area contributed by atoms with Crippen LogP contribution >= 0.6 is 0 Å². The Morgan fingerprint density at radius 1 is 1.56 bits per heavy atom. The van der Waals surface area contributed by atoms with Gasteiger partial charge in [-0.3, -0.25) is 0 Å². The van der Waals surface area contributed by atoms with E-state index in [1.165, 1.54) is 12.8 Å². The molecule has 1 saturated carbocycles. The zero-order valence-electron chi connectivity index (χ0n) is 6.18. The molecule has 1 fully saturated rings. The summed E-state index contributed by atoms with van der Waals surface area (Å²) in [4.78, 5) is 0. The van der Waals surface area contributed by atoms with Gasteiger partial charge in [-0.2, -0.15) is 0 Å². The van der Waals surface area contributed by atoms with E-state index >= 15 is 0 Å². The van der Waals surface area contributed by atoms with E-state index < -0.39 is 0 Å². The van der Waals surface area contributed by atoms with E-state index in [2.05, 4.69) is 12.2 Å². The Balaban J connectivity index is 1.98. The van der Waals surface area contributed by atoms with Crippen LogP contribution in [-0.2, 0) is 4.74 Å². The first-order valence-electron chi connectivity index (χ1n) is 3.63. The molecule has 0 amide bonds. The number of hydrogen-bond donors (Lipinski definition) is 1. The number of nitrogens with one attached hydrogen (secondary N) is 1. The summed E-state index contributed by atoms with van der Waals surface area (Å²) < 4.78 is 5.12. The predicted molar refractivity (Wildman–Crippen MR) is 37.5 cm³/mol. The predicted octanol–water partition coefficient (Wildman–Crippen LogP) is 0.773. The summed E-state index contributed by atoms with van der Waals surface area (Å²) >= 11 is 0. The number of rotatable bonds is 3. The maximum Gasteiger partial charge on any atom is 0.0601 e. The molecule has 0 aromatic rings. The van der Waals surface area contributed by atoms with Crippen molar-refractivity contribution in [3.63, 3.8) is 0 Å². The van der Waals surface area contributed by atoms with E-state index in [0.717, 1.165) is 12.6 Å². The molecule has 1 rings (SSSR count). The van der Waals surface area contributed by atoms with Crippen LogP contribution in [0.3, 0.4) is 0 Å². The van der Waals surface area contributed by atoms with Crippen molar-refractivity contribution in [3.8, 4) is 0 Å². The molecule has 0 spiro atoms. The SMILES string of the molecule is CCN[C@H]1C[C@@H](OC)C1. The molecule has 0 aromatic heterocycles. The van der Waals surface area contributed by atoms with Gasteiger partial charge in [-0.15, -0.1) is 0 Å². The largest absolute Gasteiger partial charge is 0.381 e. The van der Waals surface area contributed by atoms with Crippen LogP contribution in [0.5, 0.6) is 0 Å². The summed E-state index contributed by atoms with van der Waals surface area (Å²) in [7, 11) is 1.78. The molecule has 1 aliphatic rings. The van der Waals surface area contributed by atoms with Gasteiger partial charge in [0.1, 0.15) is 0 Å². The van der Waals surface area contributed by atoms with Crippen LogP contribution in [0.15, 0.2) is 0 Å². The lowest BCUT2D eigenvalue weighted by Crippen LogP contribution is -2.44. The average molecular weight is 129 g/mol. The third-order valence-corrected chi connectivity index (χ3v) is 1.92. The average Bonchev–Trinajstić information content (AvgIpc) is 1.77. The molecule has 54 valence electrons. The maximum atomic E-state index is 5.12. The Kier molecular flexibility index (Phi) is 2.49. The van der Waals surface area contributed by atoms with Gasteiger partial charge in [0, 0.05) is 13.2 Å². The smallest absolute Gasteiger partial charge is 0.0601 e. The topological polar surface area (TPSA) is 21.3 Å². The quantitative estimate of drug-likeness (QED) is 0.608. The molecule has 0 heterocycles. The monoisotopic (exact) mass is 129 g/mol. The Bertz CT molecular complexity index is 79.0. The maximum absolute atomic E-state index is 5.12. The molecule has 1 N–H and O–H groups in total. The van der Waals surface area contributed by atoms with Crippen LogP contribution in [0.4, 0.5) is 0 Å². The Morgan fingerprint density at radius 3 is 2.67 bits per heavy atom. The standard InChI is InChI=1S/C7H15NO/c1-3-8-6-4-7(5-6)9-2/h6-8H,3-5H2,1-2H3/t6-,7+. The van der Waals surface area contributed by atoms with Crippen LogP contribution in [-0.4, -0.2) is 25.8 Å². The van der Waals surface area contributed by atoms with E-state index in [1.807, 2.05) is 0 Å². The van der Waals surface area contributed by atoms with Gasteiger partial charge >= 0.3 is 0 Å². The summed E-state index contributed by atoms with van der Waals surface area (Å²) in [6.07, 6.45) is 2.93. The fourth-order valence-electron chi connectivity index (χ4n) is 1.21. The number of methoxy groups -OCH3 is 1. The second-order valence-corrected chi connectivity index (χ2v) is 2.58. The molecule has 0 atom stereocenters. The molecular weight excluding hydrogens is 114 g/mol. The first-order valence-corrected chi connectivity index (χ1v) is 3.63. The fraction of sp³-hybridized carbons (Fsp3) is 1.00. The zero-order chi connectivity index (χ0) is 6.69. The fourth-order valence-corrected chi connectivity index (χ4v) is 1.21. The van der Waals surface area contributed by atoms with Crippen molar-refractivity contribution < 1.29 is 4.74 Å². The second kappa shape index (κ2) is 3.18. The first kappa shape index (κ1) is 7.03. The van der Waals surface area contributed by atoms with Crippen molar-refractivity contribution in [1.82, 2.24) is 5.32 Å². The third-order valence-electron chi connectivity index (χ3n) is 1.92. The highest BCUT2D eigenvalue weighted by Crippen LogP contribution is 2.21. The minimum Gasteiger partial charge on any atom is -0.381 e. The van der Waals surface area contributed by atoms with Crippen LogP contribution in [0.2, 0.25) is 0 Å². The highest BCUT2D eigenvalue weighted by atomic mass is 16.5. The lowest BCUT2D eigenvalue weighted by Gasteiger charge is -2.34. The molecule has 0 aliphatic heterocycles. The van der Waals surface area contributed by atoms with E-state index in [-0.39, 0.29) is 0 Å². The van der Waals surface area contributed by atoms with Gasteiger partial charge in [-0.05, 0) is 19.4 Å². The molecule has 0 unspecified atom stereocenters. The minimum absolute atomic E-state index is 0.536. The van der Waals surface area contributed by atoms with E-state index in [4.69, 9.17) is 4.74 Å². The van der Waals surface area contributed by atoms with Gasteiger partial charge in [0.2, 0.25) is 0 Å². The summed E-state index contributed by atoms with van der Waals surface area (Å²) in [6, 6.07) is 0.736. The van der Waals surface area contributed by atoms with Crippen LogP contribution in [0.25, 0.3) is 0 Å². The lowest BCUT2D eigenvalue weighted by molar-refractivity contribution is 0.0180. The van der Waals surface area contributed by atoms with Gasteiger partial charge in [0.25, 0.3) is 0 Å². The lowest BCUT2D eigenvalue weighted by atomic mass is 9.89. The molecule has 0 bridgehead atoms. The Morgan fingerprint density at radius 2 is 2.22 bits per heavy atom. The van der Waals surface area contributed by atoms with Gasteiger partial charge in [0.05, 0.1) is 6.10 Å². The van der Waals surface area contributed by atoms with Crippen molar-refractivity contribution in [3.05, 3.63) is 0 Å². The minimum atomic E-state index is 0.536. The first-order chi connectivity index (χ1) is 4.36. The van der Waals surface area contributed by atoms with Crippen molar-refractivity contribution in [2.24, 2.45) is 0 Å².